The molecule has 0 heterocycles. The van der Waals surface area contributed by atoms with Crippen molar-refractivity contribution < 1.29 is 24.7 Å². The Morgan fingerprint density at radius 3 is 1.80 bits per heavy atom. The lowest BCUT2D eigenvalue weighted by molar-refractivity contribution is -0.384. The Hall–Kier alpha value is -3.82. The summed E-state index contributed by atoms with van der Waals surface area (Å²) in [5.74, 6) is -2.14. The molecule has 10 nitrogen and oxygen atoms in total. The molecular weight excluding hydrogens is 392 g/mol. The number of benzene rings is 2. The molecular formula is C20H26N4O6. The number of aromatic carboxylic acids is 2. The van der Waals surface area contributed by atoms with Gasteiger partial charge < -0.3 is 26.6 Å². The summed E-state index contributed by atoms with van der Waals surface area (Å²) in [5, 5.41) is 34.2. The lowest BCUT2D eigenvalue weighted by Crippen LogP contribution is -2.04. The zero-order valence-corrected chi connectivity index (χ0v) is 16.8. The molecule has 30 heavy (non-hydrogen) atoms. The van der Waals surface area contributed by atoms with Crippen LogP contribution < -0.4 is 16.4 Å². The van der Waals surface area contributed by atoms with Crippen molar-refractivity contribution in [3.8, 4) is 0 Å². The first kappa shape index (κ1) is 24.2. The zero-order chi connectivity index (χ0) is 22.7. The van der Waals surface area contributed by atoms with Crippen molar-refractivity contribution in [3.63, 3.8) is 0 Å². The summed E-state index contributed by atoms with van der Waals surface area (Å²) >= 11 is 0. The zero-order valence-electron chi connectivity index (χ0n) is 16.8. The van der Waals surface area contributed by atoms with E-state index in [0.717, 1.165) is 31.1 Å². The van der Waals surface area contributed by atoms with E-state index in [9.17, 15) is 19.7 Å². The van der Waals surface area contributed by atoms with Crippen LogP contribution in [0.15, 0.2) is 36.4 Å². The molecule has 0 aliphatic rings. The van der Waals surface area contributed by atoms with Gasteiger partial charge in [0.1, 0.15) is 0 Å². The van der Waals surface area contributed by atoms with E-state index in [4.69, 9.17) is 15.9 Å². The van der Waals surface area contributed by atoms with Gasteiger partial charge in [0.2, 0.25) is 0 Å². The normalized spacial score (nSPS) is 9.80. The predicted molar refractivity (Wildman–Crippen MR) is 115 cm³/mol. The van der Waals surface area contributed by atoms with Crippen LogP contribution in [-0.4, -0.2) is 40.2 Å². The number of carbonyl (C=O) groups is 2. The summed E-state index contributed by atoms with van der Waals surface area (Å²) in [7, 11) is 0. The number of hydrogen-bond acceptors (Lipinski definition) is 7. The smallest absolute Gasteiger partial charge is 0.336 e. The maximum Gasteiger partial charge on any atom is 0.336 e. The standard InChI is InChI=1S/C10H12N2O4.C10H14N2O2/c1-2-3-11-8-4-7(10(13)14)5-9(6-8)12(15)16;1-2-3-12-9-5-7(10(13)14)4-8(11)6-9/h4-6,11H,2-3H2,1H3,(H,13,14);4-6,12H,2-3,11H2,1H3,(H,13,14). The maximum absolute atomic E-state index is 10.8. The van der Waals surface area contributed by atoms with Crippen LogP contribution in [0.2, 0.25) is 0 Å². The number of carboxylic acids is 2. The summed E-state index contributed by atoms with van der Waals surface area (Å²) < 4.78 is 0. The van der Waals surface area contributed by atoms with Gasteiger partial charge in [0.15, 0.2) is 0 Å². The minimum atomic E-state index is -1.18. The molecule has 2 rings (SSSR count). The molecule has 0 aliphatic heterocycles. The van der Waals surface area contributed by atoms with E-state index in [1.165, 1.54) is 18.2 Å². The fourth-order valence-electron chi connectivity index (χ4n) is 2.36. The molecule has 0 atom stereocenters. The monoisotopic (exact) mass is 418 g/mol. The van der Waals surface area contributed by atoms with Crippen LogP contribution in [0.25, 0.3) is 0 Å². The van der Waals surface area contributed by atoms with Gasteiger partial charge in [-0.2, -0.15) is 0 Å². The number of nitro benzene ring substituents is 1. The molecule has 0 bridgehead atoms. The molecule has 0 saturated carbocycles. The van der Waals surface area contributed by atoms with Crippen molar-refractivity contribution in [3.05, 3.63) is 57.6 Å². The molecule has 0 aromatic heterocycles. The Kier molecular flexibility index (Phi) is 9.60. The van der Waals surface area contributed by atoms with Crippen molar-refractivity contribution in [2.24, 2.45) is 0 Å². The Morgan fingerprint density at radius 1 is 0.900 bits per heavy atom. The number of anilines is 3. The van der Waals surface area contributed by atoms with Crippen molar-refractivity contribution >= 4 is 34.7 Å². The Balaban J connectivity index is 0.000000303. The van der Waals surface area contributed by atoms with Crippen molar-refractivity contribution in [1.29, 1.82) is 0 Å². The second kappa shape index (κ2) is 11.9. The lowest BCUT2D eigenvalue weighted by atomic mass is 10.1. The molecule has 0 fully saturated rings. The number of hydrogen-bond donors (Lipinski definition) is 5. The van der Waals surface area contributed by atoms with Gasteiger partial charge in [-0.1, -0.05) is 13.8 Å². The average molecular weight is 418 g/mol. The number of nitrogens with two attached hydrogens (primary N) is 1. The third kappa shape index (κ3) is 8.05. The van der Waals surface area contributed by atoms with Crippen LogP contribution >= 0.6 is 0 Å². The quantitative estimate of drug-likeness (QED) is 0.230. The Morgan fingerprint density at radius 2 is 1.37 bits per heavy atom. The number of nitro groups is 1. The molecule has 0 saturated heterocycles. The lowest BCUT2D eigenvalue weighted by Gasteiger charge is -2.06. The Labute approximate surface area is 173 Å². The summed E-state index contributed by atoms with van der Waals surface area (Å²) in [4.78, 5) is 31.4. The van der Waals surface area contributed by atoms with Gasteiger partial charge in [-0.3, -0.25) is 10.1 Å². The highest BCUT2D eigenvalue weighted by Gasteiger charge is 2.13. The molecule has 2 aromatic carbocycles. The topological polar surface area (TPSA) is 168 Å². The first-order valence-electron chi connectivity index (χ1n) is 9.32. The first-order valence-corrected chi connectivity index (χ1v) is 9.32. The minimum absolute atomic E-state index is 0.0900. The number of nitrogen functional groups attached to an aromatic ring is 1. The van der Waals surface area contributed by atoms with Crippen LogP contribution in [-0.2, 0) is 0 Å². The largest absolute Gasteiger partial charge is 0.478 e. The van der Waals surface area contributed by atoms with Crippen LogP contribution in [0.1, 0.15) is 47.4 Å². The molecule has 6 N–H and O–H groups in total. The molecule has 0 spiro atoms. The second-order valence-corrected chi connectivity index (χ2v) is 6.33. The average Bonchev–Trinajstić information content (AvgIpc) is 2.70. The minimum Gasteiger partial charge on any atom is -0.478 e. The molecule has 162 valence electrons. The van der Waals surface area contributed by atoms with E-state index in [-0.39, 0.29) is 16.8 Å². The van der Waals surface area contributed by atoms with E-state index >= 15 is 0 Å². The molecule has 0 aliphatic carbocycles. The van der Waals surface area contributed by atoms with Crippen LogP contribution in [0.5, 0.6) is 0 Å². The summed E-state index contributed by atoms with van der Waals surface area (Å²) in [6.07, 6.45) is 1.84. The highest BCUT2D eigenvalue weighted by atomic mass is 16.6. The Bertz CT molecular complexity index is 869. The molecule has 0 unspecified atom stereocenters. The number of non-ortho nitro benzene ring substituents is 1. The summed E-state index contributed by atoms with van der Waals surface area (Å²) in [5.41, 5.74) is 7.13. The van der Waals surface area contributed by atoms with E-state index in [1.54, 1.807) is 12.1 Å². The third-order valence-corrected chi connectivity index (χ3v) is 3.74. The second-order valence-electron chi connectivity index (χ2n) is 6.33. The van der Waals surface area contributed by atoms with Crippen LogP contribution in [0.4, 0.5) is 22.7 Å². The van der Waals surface area contributed by atoms with Gasteiger partial charge in [0.25, 0.3) is 5.69 Å². The van der Waals surface area contributed by atoms with E-state index in [0.29, 0.717) is 17.9 Å². The van der Waals surface area contributed by atoms with Gasteiger partial charge in [-0.25, -0.2) is 9.59 Å². The van der Waals surface area contributed by atoms with E-state index in [1.807, 2.05) is 13.8 Å². The predicted octanol–water partition coefficient (Wildman–Crippen LogP) is 3.90. The number of carboxylic acid groups (broad SMARTS) is 2. The number of nitrogens with one attached hydrogen (secondary N) is 2. The highest BCUT2D eigenvalue weighted by Crippen LogP contribution is 2.21. The summed E-state index contributed by atoms with van der Waals surface area (Å²) in [6, 6.07) is 8.49. The molecule has 0 radical (unpaired) electrons. The van der Waals surface area contributed by atoms with Gasteiger partial charge in [-0.15, -0.1) is 0 Å². The maximum atomic E-state index is 10.8. The first-order chi connectivity index (χ1) is 14.2. The van der Waals surface area contributed by atoms with Gasteiger partial charge in [0, 0.05) is 42.3 Å². The van der Waals surface area contributed by atoms with Gasteiger partial charge in [-0.05, 0) is 37.1 Å². The highest BCUT2D eigenvalue weighted by molar-refractivity contribution is 5.90. The number of rotatable bonds is 9. The number of nitrogens with zero attached hydrogens (tertiary/aromatic N) is 1. The molecule has 10 heteroatoms. The molecule has 2 aromatic rings. The fourth-order valence-corrected chi connectivity index (χ4v) is 2.36. The van der Waals surface area contributed by atoms with Crippen LogP contribution in [0.3, 0.4) is 0 Å². The van der Waals surface area contributed by atoms with Gasteiger partial charge >= 0.3 is 11.9 Å². The van der Waals surface area contributed by atoms with E-state index < -0.39 is 16.9 Å². The van der Waals surface area contributed by atoms with Crippen LogP contribution in [0, 0.1) is 10.1 Å². The van der Waals surface area contributed by atoms with Crippen molar-refractivity contribution in [1.82, 2.24) is 0 Å². The van der Waals surface area contributed by atoms with E-state index in [2.05, 4.69) is 10.6 Å². The van der Waals surface area contributed by atoms with Crippen molar-refractivity contribution in [2.45, 2.75) is 26.7 Å². The van der Waals surface area contributed by atoms with Crippen molar-refractivity contribution in [2.75, 3.05) is 29.5 Å². The fraction of sp³-hybridized carbons (Fsp3) is 0.300. The SMILES string of the molecule is CCCNc1cc(C(=O)O)cc([N+](=O)[O-])c1.CCCNc1cc(N)cc(C(=O)O)c1. The van der Waals surface area contributed by atoms with Gasteiger partial charge in [0.05, 0.1) is 16.1 Å². The summed E-state index contributed by atoms with van der Waals surface area (Å²) in [6.45, 7) is 5.43. The molecule has 0 amide bonds. The third-order valence-electron chi connectivity index (χ3n) is 3.74.